The second-order valence-electron chi connectivity index (χ2n) is 5.73. The fraction of sp³-hybridized carbons (Fsp3) is 0.562. The number of hydrogen-bond donors (Lipinski definition) is 1. The molecule has 1 aliphatic carbocycles. The van der Waals surface area contributed by atoms with Crippen LogP contribution >= 0.6 is 0 Å². The highest BCUT2D eigenvalue weighted by Gasteiger charge is 2.37. The molecule has 1 amide bonds. The molecule has 2 atom stereocenters. The molecule has 2 unspecified atom stereocenters. The summed E-state index contributed by atoms with van der Waals surface area (Å²) in [7, 11) is 0. The predicted octanol–water partition coefficient (Wildman–Crippen LogP) is 2.48. The second kappa shape index (κ2) is 5.44. The third kappa shape index (κ3) is 2.29. The average Bonchev–Trinajstić information content (AvgIpc) is 2.49. The number of fused-ring (bicyclic) bond motifs is 1. The maximum absolute atomic E-state index is 12.7. The van der Waals surface area contributed by atoms with Crippen LogP contribution in [0.1, 0.15) is 41.6 Å². The highest BCUT2D eigenvalue weighted by atomic mass is 16.5. The SMILES string of the molecule is Cc1cccc(C(=O)N2CCOC3CCCCC32)c1O. The molecule has 4 nitrogen and oxygen atoms in total. The zero-order chi connectivity index (χ0) is 14.1. The van der Waals surface area contributed by atoms with Crippen molar-refractivity contribution in [3.05, 3.63) is 29.3 Å². The summed E-state index contributed by atoms with van der Waals surface area (Å²) < 4.78 is 5.80. The minimum atomic E-state index is -0.0635. The summed E-state index contributed by atoms with van der Waals surface area (Å²) in [6, 6.07) is 5.51. The molecule has 2 fully saturated rings. The summed E-state index contributed by atoms with van der Waals surface area (Å²) in [4.78, 5) is 14.6. The first-order valence-corrected chi connectivity index (χ1v) is 7.39. The van der Waals surface area contributed by atoms with Crippen LogP contribution in [0.25, 0.3) is 0 Å². The van der Waals surface area contributed by atoms with Crippen LogP contribution < -0.4 is 0 Å². The van der Waals surface area contributed by atoms with Gasteiger partial charge in [0.05, 0.1) is 24.3 Å². The highest BCUT2D eigenvalue weighted by Crippen LogP contribution is 2.31. The summed E-state index contributed by atoms with van der Waals surface area (Å²) in [5.74, 6) is 0.0442. The van der Waals surface area contributed by atoms with Gasteiger partial charge in [0, 0.05) is 6.54 Å². The molecule has 2 aliphatic rings. The van der Waals surface area contributed by atoms with Gasteiger partial charge in [0.1, 0.15) is 5.75 Å². The van der Waals surface area contributed by atoms with E-state index in [4.69, 9.17) is 4.74 Å². The molecule has 3 rings (SSSR count). The van der Waals surface area contributed by atoms with E-state index in [-0.39, 0.29) is 23.8 Å². The first-order chi connectivity index (χ1) is 9.68. The van der Waals surface area contributed by atoms with E-state index in [1.807, 2.05) is 24.0 Å². The largest absolute Gasteiger partial charge is 0.507 e. The Hall–Kier alpha value is -1.55. The smallest absolute Gasteiger partial charge is 0.258 e. The van der Waals surface area contributed by atoms with E-state index < -0.39 is 0 Å². The monoisotopic (exact) mass is 275 g/mol. The highest BCUT2D eigenvalue weighted by molar-refractivity contribution is 5.97. The van der Waals surface area contributed by atoms with Crippen LogP contribution in [-0.4, -0.2) is 41.2 Å². The molecule has 1 aromatic carbocycles. The molecule has 0 aromatic heterocycles. The van der Waals surface area contributed by atoms with Gasteiger partial charge in [0.2, 0.25) is 0 Å². The maximum atomic E-state index is 12.7. The Morgan fingerprint density at radius 2 is 2.15 bits per heavy atom. The van der Waals surface area contributed by atoms with Crippen LogP contribution in [0.3, 0.4) is 0 Å². The number of aryl methyl sites for hydroxylation is 1. The second-order valence-corrected chi connectivity index (χ2v) is 5.73. The number of para-hydroxylation sites is 1. The lowest BCUT2D eigenvalue weighted by atomic mass is 9.89. The number of phenolic OH excluding ortho intramolecular Hbond substituents is 1. The zero-order valence-electron chi connectivity index (χ0n) is 11.8. The van der Waals surface area contributed by atoms with E-state index in [0.29, 0.717) is 18.7 Å². The van der Waals surface area contributed by atoms with Crippen molar-refractivity contribution in [2.24, 2.45) is 0 Å². The molecule has 0 spiro atoms. The van der Waals surface area contributed by atoms with Crippen molar-refractivity contribution in [1.82, 2.24) is 4.90 Å². The fourth-order valence-electron chi connectivity index (χ4n) is 3.33. The van der Waals surface area contributed by atoms with Crippen LogP contribution in [0.4, 0.5) is 0 Å². The third-order valence-electron chi connectivity index (χ3n) is 4.46. The number of morpholine rings is 1. The Bertz CT molecular complexity index is 512. The Morgan fingerprint density at radius 1 is 1.35 bits per heavy atom. The van der Waals surface area contributed by atoms with Crippen molar-refractivity contribution in [3.63, 3.8) is 0 Å². The van der Waals surface area contributed by atoms with Gasteiger partial charge in [-0.3, -0.25) is 4.79 Å². The number of nitrogens with zero attached hydrogens (tertiary/aromatic N) is 1. The molecule has 20 heavy (non-hydrogen) atoms. The molecule has 1 heterocycles. The van der Waals surface area contributed by atoms with Crippen molar-refractivity contribution < 1.29 is 14.6 Å². The van der Waals surface area contributed by atoms with E-state index in [2.05, 4.69) is 0 Å². The van der Waals surface area contributed by atoms with Crippen molar-refractivity contribution >= 4 is 5.91 Å². The van der Waals surface area contributed by atoms with Crippen molar-refractivity contribution in [2.45, 2.75) is 44.8 Å². The standard InChI is InChI=1S/C16H21NO3/c1-11-5-4-6-12(15(11)18)16(19)17-9-10-20-14-8-3-2-7-13(14)17/h4-6,13-14,18H,2-3,7-10H2,1H3. The Labute approximate surface area is 119 Å². The van der Waals surface area contributed by atoms with Crippen LogP contribution in [0.2, 0.25) is 0 Å². The summed E-state index contributed by atoms with van der Waals surface area (Å²) in [5.41, 5.74) is 1.15. The molecule has 1 saturated heterocycles. The summed E-state index contributed by atoms with van der Waals surface area (Å²) >= 11 is 0. The van der Waals surface area contributed by atoms with Crippen LogP contribution in [0.5, 0.6) is 5.75 Å². The maximum Gasteiger partial charge on any atom is 0.258 e. The number of benzene rings is 1. The molecule has 108 valence electrons. The van der Waals surface area contributed by atoms with Crippen molar-refractivity contribution in [2.75, 3.05) is 13.2 Å². The lowest BCUT2D eigenvalue weighted by molar-refractivity contribution is -0.0753. The number of carbonyl (C=O) groups is 1. The molecule has 0 bridgehead atoms. The van der Waals surface area contributed by atoms with E-state index >= 15 is 0 Å². The minimum absolute atomic E-state index is 0.0635. The van der Waals surface area contributed by atoms with E-state index in [0.717, 1.165) is 24.8 Å². The van der Waals surface area contributed by atoms with E-state index in [9.17, 15) is 9.90 Å². The number of rotatable bonds is 1. The summed E-state index contributed by atoms with van der Waals surface area (Å²) in [6.45, 7) is 3.03. The molecule has 1 saturated carbocycles. The molecule has 1 N–H and O–H groups in total. The van der Waals surface area contributed by atoms with Gasteiger partial charge in [0.25, 0.3) is 5.91 Å². The van der Waals surface area contributed by atoms with Gasteiger partial charge in [0.15, 0.2) is 0 Å². The Balaban J connectivity index is 1.87. The van der Waals surface area contributed by atoms with Gasteiger partial charge in [-0.2, -0.15) is 0 Å². The molecule has 0 radical (unpaired) electrons. The predicted molar refractivity (Wildman–Crippen MR) is 75.9 cm³/mol. The normalized spacial score (nSPS) is 26.1. The van der Waals surface area contributed by atoms with Crippen LogP contribution in [-0.2, 0) is 4.74 Å². The number of phenols is 1. The van der Waals surface area contributed by atoms with Crippen LogP contribution in [0, 0.1) is 6.92 Å². The minimum Gasteiger partial charge on any atom is -0.507 e. The zero-order valence-corrected chi connectivity index (χ0v) is 11.8. The van der Waals surface area contributed by atoms with Gasteiger partial charge in [-0.1, -0.05) is 25.0 Å². The number of ether oxygens (including phenoxy) is 1. The third-order valence-corrected chi connectivity index (χ3v) is 4.46. The molecule has 1 aromatic rings. The van der Waals surface area contributed by atoms with E-state index in [1.54, 1.807) is 6.07 Å². The number of carbonyl (C=O) groups excluding carboxylic acids is 1. The molecular weight excluding hydrogens is 254 g/mol. The number of hydrogen-bond acceptors (Lipinski definition) is 3. The number of aromatic hydroxyl groups is 1. The lowest BCUT2D eigenvalue weighted by Gasteiger charge is -2.43. The van der Waals surface area contributed by atoms with Gasteiger partial charge in [-0.15, -0.1) is 0 Å². The van der Waals surface area contributed by atoms with E-state index in [1.165, 1.54) is 6.42 Å². The summed E-state index contributed by atoms with van der Waals surface area (Å²) in [6.07, 6.45) is 4.54. The van der Waals surface area contributed by atoms with Crippen molar-refractivity contribution in [3.8, 4) is 5.75 Å². The quantitative estimate of drug-likeness (QED) is 0.856. The topological polar surface area (TPSA) is 49.8 Å². The van der Waals surface area contributed by atoms with Gasteiger partial charge in [-0.05, 0) is 31.4 Å². The molecule has 1 aliphatic heterocycles. The van der Waals surface area contributed by atoms with Crippen LogP contribution in [0.15, 0.2) is 18.2 Å². The Morgan fingerprint density at radius 3 is 3.00 bits per heavy atom. The molecule has 4 heteroatoms. The average molecular weight is 275 g/mol. The van der Waals surface area contributed by atoms with Crippen molar-refractivity contribution in [1.29, 1.82) is 0 Å². The first kappa shape index (κ1) is 13.4. The van der Waals surface area contributed by atoms with Gasteiger partial charge < -0.3 is 14.7 Å². The van der Waals surface area contributed by atoms with Gasteiger partial charge in [-0.25, -0.2) is 0 Å². The lowest BCUT2D eigenvalue weighted by Crippen LogP contribution is -2.54. The first-order valence-electron chi connectivity index (χ1n) is 7.39. The molecular formula is C16H21NO3. The van der Waals surface area contributed by atoms with Gasteiger partial charge >= 0.3 is 0 Å². The Kier molecular flexibility index (Phi) is 3.66. The number of amides is 1. The fourth-order valence-corrected chi connectivity index (χ4v) is 3.33. The summed E-state index contributed by atoms with van der Waals surface area (Å²) in [5, 5.41) is 10.1.